The van der Waals surface area contributed by atoms with E-state index in [2.05, 4.69) is 12.1 Å². The number of likely N-dealkylation sites (tertiary alicyclic amines) is 1. The van der Waals surface area contributed by atoms with Gasteiger partial charge >= 0.3 is 5.97 Å². The Balaban J connectivity index is 1.55. The van der Waals surface area contributed by atoms with Crippen molar-refractivity contribution in [1.29, 1.82) is 0 Å². The molecule has 0 unspecified atom stereocenters. The van der Waals surface area contributed by atoms with Crippen LogP contribution in [0.2, 0.25) is 5.02 Å². The zero-order chi connectivity index (χ0) is 25.2. The second-order valence-electron chi connectivity index (χ2n) is 11.3. The van der Waals surface area contributed by atoms with Gasteiger partial charge in [0.25, 0.3) is 0 Å². The highest BCUT2D eigenvalue weighted by atomic mass is 35.5. The van der Waals surface area contributed by atoms with Crippen molar-refractivity contribution in [3.63, 3.8) is 0 Å². The van der Waals surface area contributed by atoms with Crippen molar-refractivity contribution in [3.8, 4) is 0 Å². The molecule has 5 nitrogen and oxygen atoms in total. The smallest absolute Gasteiger partial charge is 0.307 e. The first-order chi connectivity index (χ1) is 16.5. The van der Waals surface area contributed by atoms with Crippen LogP contribution >= 0.6 is 11.6 Å². The summed E-state index contributed by atoms with van der Waals surface area (Å²) in [6.07, 6.45) is 4.25. The molecule has 3 atom stereocenters. The molecule has 2 aromatic carbocycles. The summed E-state index contributed by atoms with van der Waals surface area (Å²) < 4.78 is 5.64. The Morgan fingerprint density at radius 3 is 2.60 bits per heavy atom. The van der Waals surface area contributed by atoms with Crippen LogP contribution in [0.15, 0.2) is 48.5 Å². The van der Waals surface area contributed by atoms with Crippen LogP contribution in [0.5, 0.6) is 0 Å². The fourth-order valence-corrected chi connectivity index (χ4v) is 5.83. The molecule has 0 bridgehead atoms. The van der Waals surface area contributed by atoms with E-state index in [-0.39, 0.29) is 24.2 Å². The standard InChI is InChI=1S/C29H37ClN2O3/c1-28(2,3)35-26(33)17-25(24-14-11-21-7-4-5-8-23(21)24)27(34)32-16-6-15-29(31,19-32)18-20-9-12-22(30)13-10-20/h4-5,7-10,12-13,24-25H,6,11,14-19,31H2,1-3H3/t24-,25+,29-/m1/s1. The van der Waals surface area contributed by atoms with Crippen molar-refractivity contribution < 1.29 is 14.3 Å². The van der Waals surface area contributed by atoms with Gasteiger partial charge in [-0.3, -0.25) is 9.59 Å². The van der Waals surface area contributed by atoms with Gasteiger partial charge < -0.3 is 15.4 Å². The Hall–Kier alpha value is -2.37. The number of benzene rings is 2. The van der Waals surface area contributed by atoms with Crippen LogP contribution in [0.25, 0.3) is 0 Å². The van der Waals surface area contributed by atoms with Crippen molar-refractivity contribution in [2.75, 3.05) is 13.1 Å². The molecule has 0 aromatic heterocycles. The number of amides is 1. The number of ether oxygens (including phenoxy) is 1. The minimum absolute atomic E-state index is 0.0107. The number of halogens is 1. The maximum absolute atomic E-state index is 14.0. The summed E-state index contributed by atoms with van der Waals surface area (Å²) in [5.41, 5.74) is 9.33. The van der Waals surface area contributed by atoms with E-state index in [0.29, 0.717) is 24.5 Å². The minimum Gasteiger partial charge on any atom is -0.460 e. The molecule has 1 fully saturated rings. The summed E-state index contributed by atoms with van der Waals surface area (Å²) in [5.74, 6) is -0.747. The third kappa shape index (κ3) is 6.45. The topological polar surface area (TPSA) is 72.6 Å². The van der Waals surface area contributed by atoms with Gasteiger partial charge in [0.15, 0.2) is 0 Å². The number of hydrogen-bond donors (Lipinski definition) is 1. The molecule has 35 heavy (non-hydrogen) atoms. The van der Waals surface area contributed by atoms with E-state index < -0.39 is 17.1 Å². The van der Waals surface area contributed by atoms with E-state index in [4.69, 9.17) is 22.1 Å². The maximum Gasteiger partial charge on any atom is 0.307 e. The highest BCUT2D eigenvalue weighted by Crippen LogP contribution is 2.41. The van der Waals surface area contributed by atoms with Crippen LogP contribution in [0, 0.1) is 5.92 Å². The Morgan fingerprint density at radius 1 is 1.17 bits per heavy atom. The molecule has 2 aromatic rings. The van der Waals surface area contributed by atoms with Gasteiger partial charge in [-0.25, -0.2) is 0 Å². The fraction of sp³-hybridized carbons (Fsp3) is 0.517. The lowest BCUT2D eigenvalue weighted by Crippen LogP contribution is -2.58. The van der Waals surface area contributed by atoms with E-state index in [1.165, 1.54) is 11.1 Å². The van der Waals surface area contributed by atoms with E-state index in [1.807, 2.05) is 62.1 Å². The van der Waals surface area contributed by atoms with Gasteiger partial charge in [-0.05, 0) is 87.6 Å². The van der Waals surface area contributed by atoms with Gasteiger partial charge in [-0.1, -0.05) is 48.0 Å². The number of esters is 1. The summed E-state index contributed by atoms with van der Waals surface area (Å²) in [4.78, 5) is 28.8. The molecule has 2 N–H and O–H groups in total. The number of nitrogens with two attached hydrogens (primary N) is 1. The lowest BCUT2D eigenvalue weighted by molar-refractivity contribution is -0.159. The quantitative estimate of drug-likeness (QED) is 0.552. The third-order valence-electron chi connectivity index (χ3n) is 7.18. The molecule has 188 valence electrons. The van der Waals surface area contributed by atoms with Gasteiger partial charge in [0, 0.05) is 23.7 Å². The summed E-state index contributed by atoms with van der Waals surface area (Å²) in [6, 6.07) is 16.0. The molecule has 2 aliphatic rings. The van der Waals surface area contributed by atoms with Crippen LogP contribution in [0.1, 0.15) is 69.1 Å². The number of carbonyl (C=O) groups is 2. The van der Waals surface area contributed by atoms with Gasteiger partial charge in [0.1, 0.15) is 5.60 Å². The second kappa shape index (κ2) is 10.3. The lowest BCUT2D eigenvalue weighted by atomic mass is 9.81. The molecule has 4 rings (SSSR count). The largest absolute Gasteiger partial charge is 0.460 e. The third-order valence-corrected chi connectivity index (χ3v) is 7.43. The van der Waals surface area contributed by atoms with Crippen molar-refractivity contribution in [2.24, 2.45) is 11.7 Å². The minimum atomic E-state index is -0.589. The van der Waals surface area contributed by atoms with E-state index >= 15 is 0 Å². The van der Waals surface area contributed by atoms with Gasteiger partial charge in [-0.15, -0.1) is 0 Å². The Morgan fingerprint density at radius 2 is 1.89 bits per heavy atom. The molecule has 0 spiro atoms. The summed E-state index contributed by atoms with van der Waals surface area (Å²) in [5, 5.41) is 0.696. The molecule has 1 saturated heterocycles. The Bertz CT molecular complexity index is 1060. The maximum atomic E-state index is 14.0. The normalized spacial score (nSPS) is 23.0. The first-order valence-electron chi connectivity index (χ1n) is 12.6. The van der Waals surface area contributed by atoms with Gasteiger partial charge in [0.05, 0.1) is 12.3 Å². The number of piperidine rings is 1. The predicted octanol–water partition coefficient (Wildman–Crippen LogP) is 5.28. The summed E-state index contributed by atoms with van der Waals surface area (Å²) in [7, 11) is 0. The molecular formula is C29H37ClN2O3. The fourth-order valence-electron chi connectivity index (χ4n) is 5.71. The molecular weight excluding hydrogens is 460 g/mol. The number of fused-ring (bicyclic) bond motifs is 1. The van der Waals surface area contributed by atoms with Crippen LogP contribution in [0.4, 0.5) is 0 Å². The van der Waals surface area contributed by atoms with Gasteiger partial charge in [0.2, 0.25) is 5.91 Å². The Labute approximate surface area is 214 Å². The Kier molecular flexibility index (Phi) is 7.58. The second-order valence-corrected chi connectivity index (χ2v) is 11.7. The van der Waals surface area contributed by atoms with Crippen molar-refractivity contribution in [2.45, 2.75) is 76.4 Å². The molecule has 1 aliphatic carbocycles. The average molecular weight is 497 g/mol. The number of rotatable bonds is 6. The number of hydrogen-bond acceptors (Lipinski definition) is 4. The van der Waals surface area contributed by atoms with Crippen molar-refractivity contribution in [1.82, 2.24) is 4.90 Å². The number of aryl methyl sites for hydroxylation is 1. The molecule has 0 radical (unpaired) electrons. The summed E-state index contributed by atoms with van der Waals surface area (Å²) >= 11 is 6.05. The molecule has 6 heteroatoms. The van der Waals surface area contributed by atoms with Gasteiger partial charge in [-0.2, -0.15) is 0 Å². The first kappa shape index (κ1) is 25.7. The van der Waals surface area contributed by atoms with E-state index in [9.17, 15) is 9.59 Å². The number of nitrogens with zero attached hydrogens (tertiary/aromatic N) is 1. The number of carbonyl (C=O) groups excluding carboxylic acids is 2. The molecule has 1 amide bonds. The highest BCUT2D eigenvalue weighted by molar-refractivity contribution is 6.30. The summed E-state index contributed by atoms with van der Waals surface area (Å²) in [6.45, 7) is 6.72. The first-order valence-corrected chi connectivity index (χ1v) is 13.0. The molecule has 1 aliphatic heterocycles. The van der Waals surface area contributed by atoms with Crippen molar-refractivity contribution >= 4 is 23.5 Å². The monoisotopic (exact) mass is 496 g/mol. The van der Waals surface area contributed by atoms with Crippen LogP contribution in [-0.4, -0.2) is 41.0 Å². The molecule has 0 saturated carbocycles. The van der Waals surface area contributed by atoms with Crippen LogP contribution < -0.4 is 5.73 Å². The lowest BCUT2D eigenvalue weighted by Gasteiger charge is -2.42. The van der Waals surface area contributed by atoms with Crippen molar-refractivity contribution in [3.05, 3.63) is 70.2 Å². The highest BCUT2D eigenvalue weighted by Gasteiger charge is 2.41. The zero-order valence-corrected chi connectivity index (χ0v) is 21.8. The average Bonchev–Trinajstić information content (AvgIpc) is 3.21. The predicted molar refractivity (Wildman–Crippen MR) is 139 cm³/mol. The SMILES string of the molecule is CC(C)(C)OC(=O)C[C@H](C(=O)N1CCC[C@@](N)(Cc2ccc(Cl)cc2)C1)[C@@H]1CCc2ccccc21. The van der Waals surface area contributed by atoms with E-state index in [1.54, 1.807) is 0 Å². The van der Waals surface area contributed by atoms with E-state index in [0.717, 1.165) is 31.2 Å². The van der Waals surface area contributed by atoms with Crippen LogP contribution in [-0.2, 0) is 27.2 Å². The van der Waals surface area contributed by atoms with Crippen LogP contribution in [0.3, 0.4) is 0 Å². The molecule has 1 heterocycles. The zero-order valence-electron chi connectivity index (χ0n) is 21.1.